The molecular formula is C37H55BrO2. The molecule has 3 aromatic carbocycles. The Bertz CT molecular complexity index is 1150. The van der Waals surface area contributed by atoms with Gasteiger partial charge in [-0.05, 0) is 88.1 Å². The molecule has 3 aromatic rings. The number of rotatable bonds is 22. The largest absolute Gasteiger partial charge is 0.289 e. The molecule has 222 valence electrons. The molecule has 0 N–H and O–H groups in total. The maximum Gasteiger partial charge on any atom is 0.200 e. The predicted molar refractivity (Wildman–Crippen MR) is 180 cm³/mol. The molecular weight excluding hydrogens is 556 g/mol. The van der Waals surface area contributed by atoms with Gasteiger partial charge in [-0.15, -0.1) is 0 Å². The fourth-order valence-electron chi connectivity index (χ4n) is 6.62. The van der Waals surface area contributed by atoms with E-state index in [2.05, 4.69) is 35.8 Å². The third-order valence-electron chi connectivity index (χ3n) is 9.01. The Morgan fingerprint density at radius 1 is 0.500 bits per heavy atom. The average molecular weight is 612 g/mol. The van der Waals surface area contributed by atoms with Crippen LogP contribution < -0.4 is 10.9 Å². The summed E-state index contributed by atoms with van der Waals surface area (Å²) in [4.78, 5) is 26.7. The lowest BCUT2D eigenvalue weighted by Crippen LogP contribution is -2.06. The van der Waals surface area contributed by atoms with E-state index in [9.17, 15) is 9.59 Å². The van der Waals surface area contributed by atoms with Gasteiger partial charge in [-0.1, -0.05) is 129 Å². The predicted octanol–water partition coefficient (Wildman–Crippen LogP) is 11.6. The molecule has 0 saturated carbocycles. The standard InChI is InChI=1S/C37H55BrO2/c1-4-6-8-10-12-14-16-18-20-22-24-29-31-26-28(3)36(39)34(31)30(32-27-33(38)37(40)35(29)32)25-23-21-19-17-15-13-11-9-7-5-2/h26-27H,4-25H2,1-3H3. The number of halogens is 1. The van der Waals surface area contributed by atoms with E-state index >= 15 is 0 Å². The molecule has 0 radical (unpaired) electrons. The van der Waals surface area contributed by atoms with Crippen LogP contribution in [-0.2, 0) is 12.8 Å². The zero-order valence-electron chi connectivity index (χ0n) is 25.9. The van der Waals surface area contributed by atoms with Crippen molar-refractivity contribution in [2.45, 2.75) is 162 Å². The molecule has 3 heteroatoms. The van der Waals surface area contributed by atoms with Crippen LogP contribution in [-0.4, -0.2) is 0 Å². The highest BCUT2D eigenvalue weighted by molar-refractivity contribution is 9.10. The van der Waals surface area contributed by atoms with Gasteiger partial charge in [0.15, 0.2) is 5.43 Å². The first-order valence-electron chi connectivity index (χ1n) is 16.9. The van der Waals surface area contributed by atoms with Gasteiger partial charge in [0.2, 0.25) is 5.43 Å². The van der Waals surface area contributed by atoms with Gasteiger partial charge >= 0.3 is 0 Å². The Kier molecular flexibility index (Phi) is 15.0. The number of unbranched alkanes of at least 4 members (excludes halogenated alkanes) is 18. The van der Waals surface area contributed by atoms with Gasteiger partial charge in [-0.25, -0.2) is 0 Å². The molecule has 0 bridgehead atoms. The summed E-state index contributed by atoms with van der Waals surface area (Å²) in [7, 11) is 0. The summed E-state index contributed by atoms with van der Waals surface area (Å²) in [6.07, 6.45) is 27.7. The molecule has 0 aliphatic rings. The van der Waals surface area contributed by atoms with Crippen LogP contribution in [0.5, 0.6) is 0 Å². The fourth-order valence-corrected chi connectivity index (χ4v) is 7.05. The average Bonchev–Trinajstić information content (AvgIpc) is 3.41. The van der Waals surface area contributed by atoms with Crippen LogP contribution in [0.15, 0.2) is 26.2 Å². The van der Waals surface area contributed by atoms with Crippen LogP contribution >= 0.6 is 15.9 Å². The molecule has 0 unspecified atom stereocenters. The van der Waals surface area contributed by atoms with Gasteiger partial charge < -0.3 is 0 Å². The first kappa shape index (κ1) is 33.0. The topological polar surface area (TPSA) is 34.1 Å². The van der Waals surface area contributed by atoms with E-state index in [-0.39, 0.29) is 10.9 Å². The second-order valence-corrected chi connectivity index (χ2v) is 13.2. The van der Waals surface area contributed by atoms with Gasteiger partial charge in [0, 0.05) is 10.8 Å². The molecule has 0 aliphatic carbocycles. The minimum absolute atomic E-state index is 0.106. The molecule has 0 aromatic heterocycles. The first-order valence-corrected chi connectivity index (χ1v) is 17.7. The van der Waals surface area contributed by atoms with Gasteiger partial charge in [-0.3, -0.25) is 9.59 Å². The van der Waals surface area contributed by atoms with E-state index in [1.165, 1.54) is 116 Å². The summed E-state index contributed by atoms with van der Waals surface area (Å²) in [5.41, 5.74) is 3.35. The summed E-state index contributed by atoms with van der Waals surface area (Å²) in [5, 5.41) is 3.87. The summed E-state index contributed by atoms with van der Waals surface area (Å²) < 4.78 is 0.646. The zero-order valence-corrected chi connectivity index (χ0v) is 27.5. The molecule has 0 heterocycles. The number of hydrogen-bond donors (Lipinski definition) is 0. The SMILES string of the molecule is CCCCCCCCCCCCc1c2cc(Br)c(=O)c2c(CCCCCCCCCCCC)c2cc(C)c(=O)c12. The van der Waals surface area contributed by atoms with Crippen molar-refractivity contribution >= 4 is 37.5 Å². The van der Waals surface area contributed by atoms with Gasteiger partial charge in [0.1, 0.15) is 0 Å². The van der Waals surface area contributed by atoms with Crippen LogP contribution in [0, 0.1) is 6.92 Å². The normalized spacial score (nSPS) is 11.9. The van der Waals surface area contributed by atoms with E-state index in [4.69, 9.17) is 0 Å². The molecule has 2 nitrogen and oxygen atoms in total. The molecule has 0 spiro atoms. The van der Waals surface area contributed by atoms with Crippen molar-refractivity contribution in [2.75, 3.05) is 0 Å². The first-order chi connectivity index (χ1) is 19.5. The fraction of sp³-hybridized carbons (Fsp3) is 0.676. The highest BCUT2D eigenvalue weighted by Crippen LogP contribution is 2.35. The summed E-state index contributed by atoms with van der Waals surface area (Å²) in [5.74, 6) is 0. The summed E-state index contributed by atoms with van der Waals surface area (Å²) in [6, 6.07) is 4.08. The van der Waals surface area contributed by atoms with Gasteiger partial charge in [-0.2, -0.15) is 0 Å². The Labute approximate surface area is 252 Å². The molecule has 0 saturated heterocycles. The molecule has 0 aliphatic heterocycles. The lowest BCUT2D eigenvalue weighted by atomic mass is 9.91. The zero-order chi connectivity index (χ0) is 28.7. The number of fused-ring (bicyclic) bond motifs is 2. The minimum atomic E-state index is 0.106. The van der Waals surface area contributed by atoms with Crippen molar-refractivity contribution in [3.8, 4) is 0 Å². The molecule has 0 amide bonds. The van der Waals surface area contributed by atoms with E-state index < -0.39 is 0 Å². The van der Waals surface area contributed by atoms with Crippen molar-refractivity contribution in [1.82, 2.24) is 0 Å². The minimum Gasteiger partial charge on any atom is -0.289 e. The van der Waals surface area contributed by atoms with Crippen LogP contribution in [0.1, 0.15) is 159 Å². The van der Waals surface area contributed by atoms with E-state index in [1.807, 2.05) is 13.0 Å². The maximum atomic E-state index is 13.4. The van der Waals surface area contributed by atoms with Crippen LogP contribution in [0.2, 0.25) is 0 Å². The quantitative estimate of drug-likeness (QED) is 0.106. The third kappa shape index (κ3) is 9.27. The number of benzene rings is 1. The molecule has 3 rings (SSSR count). The lowest BCUT2D eigenvalue weighted by molar-refractivity contribution is 0.556. The Morgan fingerprint density at radius 3 is 1.27 bits per heavy atom. The highest BCUT2D eigenvalue weighted by atomic mass is 79.9. The van der Waals surface area contributed by atoms with Crippen molar-refractivity contribution in [2.24, 2.45) is 0 Å². The third-order valence-corrected chi connectivity index (χ3v) is 9.60. The maximum absolute atomic E-state index is 13.4. The summed E-state index contributed by atoms with van der Waals surface area (Å²) in [6.45, 7) is 6.48. The second-order valence-electron chi connectivity index (χ2n) is 12.4. The van der Waals surface area contributed by atoms with E-state index in [0.29, 0.717) is 4.47 Å². The van der Waals surface area contributed by atoms with Crippen LogP contribution in [0.25, 0.3) is 21.5 Å². The lowest BCUT2D eigenvalue weighted by Gasteiger charge is -2.12. The van der Waals surface area contributed by atoms with Crippen LogP contribution in [0.3, 0.4) is 0 Å². The van der Waals surface area contributed by atoms with Crippen molar-refractivity contribution in [3.05, 3.63) is 53.7 Å². The Morgan fingerprint density at radius 2 is 0.850 bits per heavy atom. The molecule has 0 fully saturated rings. The van der Waals surface area contributed by atoms with Gasteiger partial charge in [0.05, 0.1) is 4.47 Å². The van der Waals surface area contributed by atoms with E-state index in [1.54, 1.807) is 0 Å². The van der Waals surface area contributed by atoms with Crippen molar-refractivity contribution in [3.63, 3.8) is 0 Å². The summed E-state index contributed by atoms with van der Waals surface area (Å²) >= 11 is 3.55. The molecule has 40 heavy (non-hydrogen) atoms. The second kappa shape index (κ2) is 18.1. The number of hydrogen-bond acceptors (Lipinski definition) is 2. The Hall–Kier alpha value is -1.48. The van der Waals surface area contributed by atoms with Crippen molar-refractivity contribution in [1.29, 1.82) is 0 Å². The monoisotopic (exact) mass is 610 g/mol. The molecule has 0 atom stereocenters. The van der Waals surface area contributed by atoms with E-state index in [0.717, 1.165) is 63.9 Å². The Balaban J connectivity index is 1.64. The highest BCUT2D eigenvalue weighted by Gasteiger charge is 2.22. The number of aryl methyl sites for hydroxylation is 3. The van der Waals surface area contributed by atoms with Gasteiger partial charge in [0.25, 0.3) is 0 Å². The smallest absolute Gasteiger partial charge is 0.200 e. The van der Waals surface area contributed by atoms with Crippen molar-refractivity contribution < 1.29 is 0 Å². The van der Waals surface area contributed by atoms with Crippen LogP contribution in [0.4, 0.5) is 0 Å².